The fourth-order valence-corrected chi connectivity index (χ4v) is 4.81. The first kappa shape index (κ1) is 19.9. The van der Waals surface area contributed by atoms with E-state index in [0.717, 1.165) is 0 Å². The number of carbonyl (C=O) groups is 5. The smallest absolute Gasteiger partial charge is 0.195 e. The van der Waals surface area contributed by atoms with Gasteiger partial charge in [-0.15, -0.1) is 0 Å². The maximum absolute atomic E-state index is 13.8. The van der Waals surface area contributed by atoms with Gasteiger partial charge < -0.3 is 0 Å². The first-order valence-corrected chi connectivity index (χ1v) is 10.7. The molecule has 5 nitrogen and oxygen atoms in total. The predicted octanol–water partition coefficient (Wildman–Crippen LogP) is 4.47. The Morgan fingerprint density at radius 3 is 1.09 bits per heavy atom. The van der Waals surface area contributed by atoms with Crippen LogP contribution in [0.15, 0.2) is 84.9 Å². The minimum Gasteiger partial charge on any atom is -0.289 e. The maximum atomic E-state index is 13.8. The van der Waals surface area contributed by atoms with Crippen molar-refractivity contribution in [2.45, 2.75) is 0 Å². The van der Waals surface area contributed by atoms with E-state index < -0.39 is 17.3 Å². The van der Waals surface area contributed by atoms with Crippen molar-refractivity contribution >= 4 is 28.9 Å². The summed E-state index contributed by atoms with van der Waals surface area (Å²) in [6.07, 6.45) is 0. The number of benzene rings is 4. The van der Waals surface area contributed by atoms with Crippen LogP contribution in [0.2, 0.25) is 0 Å². The fraction of sp³-hybridized carbons (Fsp3) is 0. The summed E-state index contributed by atoms with van der Waals surface area (Å²) in [6.45, 7) is 0. The monoisotopic (exact) mass is 442 g/mol. The Morgan fingerprint density at radius 2 is 0.706 bits per heavy atom. The quantitative estimate of drug-likeness (QED) is 0.370. The van der Waals surface area contributed by atoms with Crippen LogP contribution in [0.5, 0.6) is 0 Å². The Morgan fingerprint density at radius 1 is 0.382 bits per heavy atom. The molecule has 0 aliphatic heterocycles. The molecule has 160 valence electrons. The molecule has 0 radical (unpaired) electrons. The summed E-state index contributed by atoms with van der Waals surface area (Å²) in [6, 6.07) is 22.1. The summed E-state index contributed by atoms with van der Waals surface area (Å²) < 4.78 is 0. The summed E-state index contributed by atoms with van der Waals surface area (Å²) in [7, 11) is 0. The van der Waals surface area contributed by atoms with Crippen molar-refractivity contribution in [2.24, 2.45) is 0 Å². The lowest BCUT2D eigenvalue weighted by Crippen LogP contribution is -2.26. The topological polar surface area (TPSA) is 85.3 Å². The van der Waals surface area contributed by atoms with Crippen LogP contribution in [0.1, 0.15) is 79.6 Å². The minimum atomic E-state index is -0.588. The minimum absolute atomic E-state index is 0.0174. The molecule has 0 atom stereocenters. The molecule has 6 rings (SSSR count). The Balaban J connectivity index is 1.55. The van der Waals surface area contributed by atoms with Crippen LogP contribution in [0.3, 0.4) is 0 Å². The van der Waals surface area contributed by atoms with Crippen molar-refractivity contribution in [3.63, 3.8) is 0 Å². The van der Waals surface area contributed by atoms with Gasteiger partial charge in [0.2, 0.25) is 0 Å². The molecule has 0 unspecified atom stereocenters. The fourth-order valence-electron chi connectivity index (χ4n) is 4.81. The van der Waals surface area contributed by atoms with E-state index in [-0.39, 0.29) is 56.1 Å². The van der Waals surface area contributed by atoms with Gasteiger partial charge in [-0.1, -0.05) is 84.9 Å². The van der Waals surface area contributed by atoms with Gasteiger partial charge in [-0.3, -0.25) is 24.0 Å². The van der Waals surface area contributed by atoms with Gasteiger partial charge in [-0.2, -0.15) is 0 Å². The van der Waals surface area contributed by atoms with Crippen molar-refractivity contribution in [3.05, 3.63) is 141 Å². The second-order valence-corrected chi connectivity index (χ2v) is 8.19. The lowest BCUT2D eigenvalue weighted by molar-refractivity contribution is 0.0964. The van der Waals surface area contributed by atoms with Crippen LogP contribution in [0, 0.1) is 0 Å². The first-order chi connectivity index (χ1) is 16.5. The molecular formula is C29H14O5. The van der Waals surface area contributed by atoms with Gasteiger partial charge >= 0.3 is 0 Å². The Labute approximate surface area is 193 Å². The maximum Gasteiger partial charge on any atom is 0.195 e. The Bertz CT molecular complexity index is 1520. The number of hydrogen-bond donors (Lipinski definition) is 0. The van der Waals surface area contributed by atoms with Crippen LogP contribution in [0.25, 0.3) is 0 Å². The number of carbonyl (C=O) groups excluding carboxylic acids is 5. The second-order valence-electron chi connectivity index (χ2n) is 8.19. The summed E-state index contributed by atoms with van der Waals surface area (Å²) >= 11 is 0. The highest BCUT2D eigenvalue weighted by Gasteiger charge is 2.36. The zero-order chi connectivity index (χ0) is 23.6. The zero-order valence-electron chi connectivity index (χ0n) is 17.6. The molecule has 34 heavy (non-hydrogen) atoms. The molecule has 0 amide bonds. The number of rotatable bonds is 2. The van der Waals surface area contributed by atoms with Crippen LogP contribution >= 0.6 is 0 Å². The van der Waals surface area contributed by atoms with E-state index in [9.17, 15) is 24.0 Å². The molecule has 0 bridgehead atoms. The highest BCUT2D eigenvalue weighted by molar-refractivity contribution is 6.35. The molecule has 0 saturated heterocycles. The molecule has 0 heterocycles. The van der Waals surface area contributed by atoms with Crippen LogP contribution in [0.4, 0.5) is 0 Å². The number of hydrogen-bond acceptors (Lipinski definition) is 5. The van der Waals surface area contributed by atoms with Gasteiger partial charge in [0.15, 0.2) is 28.9 Å². The lowest BCUT2D eigenvalue weighted by Gasteiger charge is -2.22. The standard InChI is InChI=1S/C29H14O5/c30-25-15-7-1-3-9-17(15)28(33)23-19(25)11-5-13-21(23)27(32)22-14-6-12-20-24(22)29(34)18-10-4-2-8-16(18)26(20)31/h1-14H. The van der Waals surface area contributed by atoms with Gasteiger partial charge in [0.05, 0.1) is 0 Å². The molecular weight excluding hydrogens is 428 g/mol. The molecule has 5 heteroatoms. The third kappa shape index (κ3) is 2.58. The van der Waals surface area contributed by atoms with Crippen LogP contribution in [-0.2, 0) is 0 Å². The van der Waals surface area contributed by atoms with Crippen LogP contribution < -0.4 is 0 Å². The molecule has 2 aliphatic carbocycles. The average molecular weight is 442 g/mol. The van der Waals surface area contributed by atoms with Crippen molar-refractivity contribution < 1.29 is 24.0 Å². The lowest BCUT2D eigenvalue weighted by atomic mass is 9.78. The molecule has 0 aromatic heterocycles. The molecule has 0 N–H and O–H groups in total. The molecule has 2 aliphatic rings. The Hall–Kier alpha value is -4.77. The van der Waals surface area contributed by atoms with Crippen molar-refractivity contribution in [3.8, 4) is 0 Å². The summed E-state index contributed by atoms with van der Waals surface area (Å²) in [5.41, 5.74) is 1.42. The number of ketones is 5. The SMILES string of the molecule is O=C1c2ccccc2C(=O)c2c1cccc2C(=O)c1cccc2c1C(=O)c1ccccc1C2=O. The van der Waals surface area contributed by atoms with Gasteiger partial charge in [0.25, 0.3) is 0 Å². The third-order valence-electron chi connectivity index (χ3n) is 6.39. The van der Waals surface area contributed by atoms with E-state index in [4.69, 9.17) is 0 Å². The third-order valence-corrected chi connectivity index (χ3v) is 6.39. The van der Waals surface area contributed by atoms with E-state index in [2.05, 4.69) is 0 Å². The predicted molar refractivity (Wildman–Crippen MR) is 123 cm³/mol. The van der Waals surface area contributed by atoms with Crippen LogP contribution in [-0.4, -0.2) is 28.9 Å². The molecule has 0 spiro atoms. The largest absolute Gasteiger partial charge is 0.289 e. The Kier molecular flexibility index (Phi) is 4.16. The van der Waals surface area contributed by atoms with Crippen molar-refractivity contribution in [1.82, 2.24) is 0 Å². The van der Waals surface area contributed by atoms with Crippen molar-refractivity contribution in [2.75, 3.05) is 0 Å². The van der Waals surface area contributed by atoms with Gasteiger partial charge in [-0.25, -0.2) is 0 Å². The molecule has 0 fully saturated rings. The first-order valence-electron chi connectivity index (χ1n) is 10.7. The highest BCUT2D eigenvalue weighted by Crippen LogP contribution is 2.34. The summed E-state index contributed by atoms with van der Waals surface area (Å²) in [5.74, 6) is -2.11. The highest BCUT2D eigenvalue weighted by atomic mass is 16.2. The van der Waals surface area contributed by atoms with E-state index in [1.165, 1.54) is 24.3 Å². The second kappa shape index (κ2) is 7.12. The van der Waals surface area contributed by atoms with E-state index in [1.54, 1.807) is 60.7 Å². The van der Waals surface area contributed by atoms with Gasteiger partial charge in [0, 0.05) is 55.6 Å². The van der Waals surface area contributed by atoms with E-state index >= 15 is 0 Å². The molecule has 4 aromatic rings. The zero-order valence-corrected chi connectivity index (χ0v) is 17.6. The normalized spacial score (nSPS) is 13.6. The molecule has 0 saturated carbocycles. The van der Waals surface area contributed by atoms with Gasteiger partial charge in [-0.05, 0) is 0 Å². The van der Waals surface area contributed by atoms with E-state index in [1.807, 2.05) is 0 Å². The average Bonchev–Trinajstić information content (AvgIpc) is 2.89. The summed E-state index contributed by atoms with van der Waals surface area (Å²) in [5, 5.41) is 0. The number of fused-ring (bicyclic) bond motifs is 4. The van der Waals surface area contributed by atoms with Gasteiger partial charge in [0.1, 0.15) is 0 Å². The summed E-state index contributed by atoms with van der Waals surface area (Å²) in [4.78, 5) is 66.6. The molecule has 4 aromatic carbocycles. The van der Waals surface area contributed by atoms with Crippen molar-refractivity contribution in [1.29, 1.82) is 0 Å². The van der Waals surface area contributed by atoms with E-state index in [0.29, 0.717) is 11.1 Å².